The number of hydrogen-bond donors (Lipinski definition) is 1. The van der Waals surface area contributed by atoms with Gasteiger partial charge in [0.2, 0.25) is 0 Å². The molecular formula is C11H16ClN. The van der Waals surface area contributed by atoms with Gasteiger partial charge in [-0.2, -0.15) is 0 Å². The molecule has 0 heterocycles. The van der Waals surface area contributed by atoms with Gasteiger partial charge in [0.05, 0.1) is 0 Å². The lowest BCUT2D eigenvalue weighted by molar-refractivity contribution is 0.638. The molecule has 72 valence electrons. The Morgan fingerprint density at radius 3 is 2.77 bits per heavy atom. The zero-order chi connectivity index (χ0) is 9.84. The Bertz CT molecular complexity index is 283. The van der Waals surface area contributed by atoms with Crippen LogP contribution in [0.2, 0.25) is 5.02 Å². The molecule has 0 bridgehead atoms. The molecule has 0 saturated carbocycles. The van der Waals surface area contributed by atoms with Crippen LogP contribution in [0.5, 0.6) is 0 Å². The molecule has 0 aliphatic heterocycles. The van der Waals surface area contributed by atoms with E-state index in [0.29, 0.717) is 0 Å². The van der Waals surface area contributed by atoms with E-state index in [9.17, 15) is 0 Å². The maximum Gasteiger partial charge on any atom is 0.0482 e. The van der Waals surface area contributed by atoms with E-state index in [1.807, 2.05) is 25.1 Å². The van der Waals surface area contributed by atoms with E-state index in [4.69, 9.17) is 17.3 Å². The largest absolute Gasteiger partial charge is 0.324 e. The van der Waals surface area contributed by atoms with Gasteiger partial charge >= 0.3 is 0 Å². The van der Waals surface area contributed by atoms with Gasteiger partial charge in [0.1, 0.15) is 0 Å². The van der Waals surface area contributed by atoms with Crippen LogP contribution >= 0.6 is 11.6 Å². The Hall–Kier alpha value is -0.530. The number of nitrogens with two attached hydrogens (primary N) is 1. The fourth-order valence-corrected chi connectivity index (χ4v) is 1.69. The third-order valence-corrected chi connectivity index (χ3v) is 2.74. The van der Waals surface area contributed by atoms with E-state index in [2.05, 4.69) is 6.92 Å². The van der Waals surface area contributed by atoms with Crippen molar-refractivity contribution in [2.75, 3.05) is 0 Å². The Kier molecular flexibility index (Phi) is 3.76. The molecule has 0 aliphatic rings. The SMILES string of the molecule is CCC[C@@H](N)c1cccc(C)c1Cl. The fourth-order valence-electron chi connectivity index (χ4n) is 1.42. The van der Waals surface area contributed by atoms with Gasteiger partial charge in [-0.3, -0.25) is 0 Å². The standard InChI is InChI=1S/C11H16ClN/c1-3-5-10(13)9-7-4-6-8(2)11(9)12/h4,6-7,10H,3,5,13H2,1-2H3/t10-/m1/s1. The van der Waals surface area contributed by atoms with Crippen molar-refractivity contribution in [3.8, 4) is 0 Å². The molecule has 0 amide bonds. The maximum atomic E-state index is 6.14. The molecule has 1 nitrogen and oxygen atoms in total. The first-order valence-corrected chi connectivity index (χ1v) is 5.05. The van der Waals surface area contributed by atoms with E-state index < -0.39 is 0 Å². The summed E-state index contributed by atoms with van der Waals surface area (Å²) in [5.74, 6) is 0. The summed E-state index contributed by atoms with van der Waals surface area (Å²) in [7, 11) is 0. The number of hydrogen-bond acceptors (Lipinski definition) is 1. The maximum absolute atomic E-state index is 6.14. The molecule has 1 rings (SSSR count). The molecule has 0 unspecified atom stereocenters. The van der Waals surface area contributed by atoms with Crippen LogP contribution in [0.1, 0.15) is 36.9 Å². The summed E-state index contributed by atoms with van der Waals surface area (Å²) in [5.41, 5.74) is 8.17. The van der Waals surface area contributed by atoms with E-state index in [1.54, 1.807) is 0 Å². The van der Waals surface area contributed by atoms with Gasteiger partial charge in [-0.15, -0.1) is 0 Å². The van der Waals surface area contributed by atoms with E-state index in [0.717, 1.165) is 29.0 Å². The highest BCUT2D eigenvalue weighted by atomic mass is 35.5. The fraction of sp³-hybridized carbons (Fsp3) is 0.455. The van der Waals surface area contributed by atoms with Gasteiger partial charge in [-0.05, 0) is 24.5 Å². The third kappa shape index (κ3) is 2.45. The van der Waals surface area contributed by atoms with Gasteiger partial charge in [-0.25, -0.2) is 0 Å². The predicted octanol–water partition coefficient (Wildman–Crippen LogP) is 3.45. The normalized spacial score (nSPS) is 12.9. The van der Waals surface area contributed by atoms with Crippen LogP contribution < -0.4 is 5.73 Å². The van der Waals surface area contributed by atoms with Crippen molar-refractivity contribution in [2.45, 2.75) is 32.7 Å². The van der Waals surface area contributed by atoms with Crippen LogP contribution in [-0.2, 0) is 0 Å². The highest BCUT2D eigenvalue weighted by Gasteiger charge is 2.09. The minimum Gasteiger partial charge on any atom is -0.324 e. The molecule has 2 N–H and O–H groups in total. The van der Waals surface area contributed by atoms with E-state index in [1.165, 1.54) is 0 Å². The van der Waals surface area contributed by atoms with Crippen LogP contribution in [0.15, 0.2) is 18.2 Å². The predicted molar refractivity (Wildman–Crippen MR) is 58.0 cm³/mol. The molecule has 0 saturated heterocycles. The average Bonchev–Trinajstić information content (AvgIpc) is 2.10. The molecule has 2 heteroatoms. The Morgan fingerprint density at radius 1 is 1.46 bits per heavy atom. The quantitative estimate of drug-likeness (QED) is 0.790. The van der Waals surface area contributed by atoms with Crippen molar-refractivity contribution in [3.63, 3.8) is 0 Å². The first-order chi connectivity index (χ1) is 6.16. The lowest BCUT2D eigenvalue weighted by atomic mass is 10.0. The van der Waals surface area contributed by atoms with Crippen molar-refractivity contribution < 1.29 is 0 Å². The van der Waals surface area contributed by atoms with Crippen LogP contribution in [0.4, 0.5) is 0 Å². The molecular weight excluding hydrogens is 182 g/mol. The molecule has 0 fully saturated rings. The summed E-state index contributed by atoms with van der Waals surface area (Å²) in [6.45, 7) is 4.13. The molecule has 0 aromatic heterocycles. The van der Waals surface area contributed by atoms with Crippen LogP contribution in [0.3, 0.4) is 0 Å². The topological polar surface area (TPSA) is 26.0 Å². The molecule has 0 aliphatic carbocycles. The van der Waals surface area contributed by atoms with E-state index in [-0.39, 0.29) is 6.04 Å². The zero-order valence-electron chi connectivity index (χ0n) is 8.18. The first-order valence-electron chi connectivity index (χ1n) is 4.67. The van der Waals surface area contributed by atoms with Gasteiger partial charge in [0.15, 0.2) is 0 Å². The number of aryl methyl sites for hydroxylation is 1. The molecule has 13 heavy (non-hydrogen) atoms. The van der Waals surface area contributed by atoms with Gasteiger partial charge in [-0.1, -0.05) is 43.1 Å². The van der Waals surface area contributed by atoms with Crippen molar-refractivity contribution in [3.05, 3.63) is 34.3 Å². The summed E-state index contributed by atoms with van der Waals surface area (Å²) >= 11 is 6.14. The summed E-state index contributed by atoms with van der Waals surface area (Å²) < 4.78 is 0. The average molecular weight is 198 g/mol. The smallest absolute Gasteiger partial charge is 0.0482 e. The Labute approximate surface area is 84.9 Å². The summed E-state index contributed by atoms with van der Waals surface area (Å²) in [6, 6.07) is 6.10. The first kappa shape index (κ1) is 10.6. The number of benzene rings is 1. The summed E-state index contributed by atoms with van der Waals surface area (Å²) in [5, 5.41) is 0.823. The van der Waals surface area contributed by atoms with Crippen molar-refractivity contribution in [1.29, 1.82) is 0 Å². The lowest BCUT2D eigenvalue weighted by Gasteiger charge is -2.13. The van der Waals surface area contributed by atoms with Crippen molar-refractivity contribution in [1.82, 2.24) is 0 Å². The minimum absolute atomic E-state index is 0.0809. The molecule has 1 aromatic carbocycles. The van der Waals surface area contributed by atoms with Crippen molar-refractivity contribution >= 4 is 11.6 Å². The highest BCUT2D eigenvalue weighted by Crippen LogP contribution is 2.26. The minimum atomic E-state index is 0.0809. The number of halogens is 1. The monoisotopic (exact) mass is 197 g/mol. The number of rotatable bonds is 3. The van der Waals surface area contributed by atoms with E-state index >= 15 is 0 Å². The molecule has 1 atom stereocenters. The van der Waals surface area contributed by atoms with Gasteiger partial charge in [0.25, 0.3) is 0 Å². The second-order valence-electron chi connectivity index (χ2n) is 3.37. The van der Waals surface area contributed by atoms with Crippen LogP contribution in [0, 0.1) is 6.92 Å². The van der Waals surface area contributed by atoms with Gasteiger partial charge < -0.3 is 5.73 Å². The van der Waals surface area contributed by atoms with Crippen molar-refractivity contribution in [2.24, 2.45) is 5.73 Å². The highest BCUT2D eigenvalue weighted by molar-refractivity contribution is 6.32. The lowest BCUT2D eigenvalue weighted by Crippen LogP contribution is -2.10. The molecule has 0 spiro atoms. The Morgan fingerprint density at radius 2 is 2.15 bits per heavy atom. The Balaban J connectivity index is 2.93. The van der Waals surface area contributed by atoms with Gasteiger partial charge in [0, 0.05) is 11.1 Å². The van der Waals surface area contributed by atoms with Crippen LogP contribution in [-0.4, -0.2) is 0 Å². The summed E-state index contributed by atoms with van der Waals surface area (Å²) in [4.78, 5) is 0. The van der Waals surface area contributed by atoms with Crippen LogP contribution in [0.25, 0.3) is 0 Å². The third-order valence-electron chi connectivity index (χ3n) is 2.22. The second-order valence-corrected chi connectivity index (χ2v) is 3.75. The molecule has 1 aromatic rings. The molecule has 0 radical (unpaired) electrons. The zero-order valence-corrected chi connectivity index (χ0v) is 8.93. The summed E-state index contributed by atoms with van der Waals surface area (Å²) in [6.07, 6.45) is 2.08. The second kappa shape index (κ2) is 4.64.